The Morgan fingerprint density at radius 3 is 3.09 bits per heavy atom. The Morgan fingerprint density at radius 1 is 1.48 bits per heavy atom. The first-order valence-corrected chi connectivity index (χ1v) is 7.73. The molecule has 7 heteroatoms. The van der Waals surface area contributed by atoms with Gasteiger partial charge in [-0.1, -0.05) is 0 Å². The molecule has 1 aromatic heterocycles. The first kappa shape index (κ1) is 15.6. The van der Waals surface area contributed by atoms with Crippen molar-refractivity contribution in [2.24, 2.45) is 0 Å². The first-order chi connectivity index (χ1) is 11.0. The smallest absolute Gasteiger partial charge is 0.258 e. The van der Waals surface area contributed by atoms with Crippen LogP contribution in [0.15, 0.2) is 23.0 Å². The lowest BCUT2D eigenvalue weighted by Gasteiger charge is -2.34. The van der Waals surface area contributed by atoms with Gasteiger partial charge in [0, 0.05) is 38.5 Å². The number of benzene rings is 1. The molecule has 0 aliphatic carbocycles. The minimum Gasteiger partial charge on any atom is -0.337 e. The summed E-state index contributed by atoms with van der Waals surface area (Å²) in [6.07, 6.45) is 0.651. The van der Waals surface area contributed by atoms with Gasteiger partial charge in [0.05, 0.1) is 10.9 Å². The van der Waals surface area contributed by atoms with Crippen LogP contribution in [0.3, 0.4) is 0 Å². The maximum Gasteiger partial charge on any atom is 0.258 e. The summed E-state index contributed by atoms with van der Waals surface area (Å²) in [5, 5.41) is 3.46. The van der Waals surface area contributed by atoms with E-state index in [4.69, 9.17) is 0 Å². The normalized spacial score (nSPS) is 18.3. The highest BCUT2D eigenvalue weighted by molar-refractivity contribution is 5.78. The van der Waals surface area contributed by atoms with E-state index in [0.29, 0.717) is 30.7 Å². The molecule has 1 aliphatic rings. The second kappa shape index (κ2) is 6.45. The molecule has 6 nitrogen and oxygen atoms in total. The lowest BCUT2D eigenvalue weighted by Crippen LogP contribution is -2.52. The number of aromatic nitrogens is 2. The largest absolute Gasteiger partial charge is 0.337 e. The summed E-state index contributed by atoms with van der Waals surface area (Å²) in [5.74, 6) is 0.0338. The zero-order valence-electron chi connectivity index (χ0n) is 12.9. The highest BCUT2D eigenvalue weighted by Crippen LogP contribution is 2.11. The summed E-state index contributed by atoms with van der Waals surface area (Å²) in [6, 6.07) is 4.08. The van der Waals surface area contributed by atoms with Crippen LogP contribution in [0.2, 0.25) is 0 Å². The molecule has 3 rings (SSSR count). The van der Waals surface area contributed by atoms with Crippen LogP contribution in [0.5, 0.6) is 0 Å². The van der Waals surface area contributed by atoms with Crippen molar-refractivity contribution in [1.29, 1.82) is 0 Å². The van der Waals surface area contributed by atoms with E-state index in [2.05, 4.69) is 15.3 Å². The number of nitrogens with one attached hydrogen (secondary N) is 2. The van der Waals surface area contributed by atoms with Crippen LogP contribution in [-0.4, -0.2) is 46.5 Å². The van der Waals surface area contributed by atoms with Gasteiger partial charge in [0.25, 0.3) is 5.56 Å². The van der Waals surface area contributed by atoms with E-state index in [0.717, 1.165) is 13.1 Å². The molecule has 0 radical (unpaired) electrons. The van der Waals surface area contributed by atoms with Crippen LogP contribution in [0.25, 0.3) is 10.9 Å². The molecule has 1 aliphatic heterocycles. The number of H-pyrrole nitrogens is 1. The number of piperazine rings is 1. The molecule has 0 saturated carbocycles. The van der Waals surface area contributed by atoms with Crippen LogP contribution in [0.1, 0.15) is 19.2 Å². The molecule has 2 aromatic rings. The molecular weight excluding hydrogens is 299 g/mol. The Morgan fingerprint density at radius 2 is 2.30 bits per heavy atom. The summed E-state index contributed by atoms with van der Waals surface area (Å²) in [6.45, 7) is 4.30. The number of hydrogen-bond acceptors (Lipinski definition) is 4. The van der Waals surface area contributed by atoms with E-state index in [1.807, 2.05) is 11.8 Å². The third-order valence-corrected chi connectivity index (χ3v) is 4.11. The number of carbonyl (C=O) groups excluding carboxylic acids is 1. The number of amides is 1. The van der Waals surface area contributed by atoms with Crippen molar-refractivity contribution >= 4 is 16.8 Å². The predicted molar refractivity (Wildman–Crippen MR) is 84.7 cm³/mol. The van der Waals surface area contributed by atoms with Crippen LogP contribution in [0, 0.1) is 5.82 Å². The molecule has 1 atom stereocenters. The first-order valence-electron chi connectivity index (χ1n) is 7.73. The van der Waals surface area contributed by atoms with Crippen LogP contribution >= 0.6 is 0 Å². The minimum absolute atomic E-state index is 0.0563. The number of aryl methyl sites for hydroxylation is 1. The summed E-state index contributed by atoms with van der Waals surface area (Å²) < 4.78 is 13.2. The predicted octanol–water partition coefficient (Wildman–Crippen LogP) is 0.815. The van der Waals surface area contributed by atoms with E-state index < -0.39 is 5.82 Å². The van der Waals surface area contributed by atoms with Crippen molar-refractivity contribution in [2.75, 3.05) is 19.6 Å². The molecule has 0 bridgehead atoms. The molecular formula is C16H19FN4O2. The fourth-order valence-corrected chi connectivity index (χ4v) is 2.86. The van der Waals surface area contributed by atoms with Gasteiger partial charge in [-0.15, -0.1) is 0 Å². The maximum atomic E-state index is 13.2. The van der Waals surface area contributed by atoms with Gasteiger partial charge in [-0.05, 0) is 25.1 Å². The number of nitrogens with zero attached hydrogens (tertiary/aromatic N) is 2. The van der Waals surface area contributed by atoms with E-state index in [1.165, 1.54) is 18.2 Å². The third kappa shape index (κ3) is 3.39. The second-order valence-corrected chi connectivity index (χ2v) is 5.81. The van der Waals surface area contributed by atoms with Gasteiger partial charge in [0.1, 0.15) is 11.6 Å². The molecule has 1 amide bonds. The van der Waals surface area contributed by atoms with Gasteiger partial charge < -0.3 is 15.2 Å². The molecule has 0 spiro atoms. The van der Waals surface area contributed by atoms with Crippen molar-refractivity contribution in [1.82, 2.24) is 20.2 Å². The Balaban J connectivity index is 1.73. The number of aromatic amines is 1. The maximum absolute atomic E-state index is 13.2. The van der Waals surface area contributed by atoms with Crippen molar-refractivity contribution in [3.05, 3.63) is 40.2 Å². The molecule has 0 unspecified atom stereocenters. The Hall–Kier alpha value is -2.28. The molecule has 1 saturated heterocycles. The molecule has 122 valence electrons. The molecule has 2 heterocycles. The van der Waals surface area contributed by atoms with Gasteiger partial charge >= 0.3 is 0 Å². The third-order valence-electron chi connectivity index (χ3n) is 4.11. The number of rotatable bonds is 3. The lowest BCUT2D eigenvalue weighted by atomic mass is 10.1. The van der Waals surface area contributed by atoms with Gasteiger partial charge in [0.15, 0.2) is 0 Å². The Kier molecular flexibility index (Phi) is 4.38. The van der Waals surface area contributed by atoms with Gasteiger partial charge in [-0.25, -0.2) is 9.37 Å². The highest BCUT2D eigenvalue weighted by Gasteiger charge is 2.22. The van der Waals surface area contributed by atoms with Gasteiger partial charge in [0.2, 0.25) is 5.91 Å². The van der Waals surface area contributed by atoms with Crippen LogP contribution < -0.4 is 10.9 Å². The summed E-state index contributed by atoms with van der Waals surface area (Å²) in [4.78, 5) is 33.1. The van der Waals surface area contributed by atoms with Crippen molar-refractivity contribution in [3.8, 4) is 0 Å². The van der Waals surface area contributed by atoms with Crippen molar-refractivity contribution in [2.45, 2.75) is 25.8 Å². The van der Waals surface area contributed by atoms with Crippen LogP contribution in [0.4, 0.5) is 4.39 Å². The molecule has 1 aromatic carbocycles. The Bertz CT molecular complexity index is 789. The number of carbonyl (C=O) groups is 1. The quantitative estimate of drug-likeness (QED) is 0.878. The average Bonchev–Trinajstić information content (AvgIpc) is 2.54. The van der Waals surface area contributed by atoms with Crippen molar-refractivity contribution < 1.29 is 9.18 Å². The molecule has 1 fully saturated rings. The molecule has 2 N–H and O–H groups in total. The highest BCUT2D eigenvalue weighted by atomic mass is 19.1. The standard InChI is InChI=1S/C16H19FN4O2/c1-10-9-18-6-7-21(10)15(22)5-4-14-19-13-3-2-11(17)8-12(13)16(23)20-14/h2-3,8,10,18H,4-7,9H2,1H3,(H,19,20,23)/t10-/m0/s1. The lowest BCUT2D eigenvalue weighted by molar-refractivity contribution is -0.133. The van der Waals surface area contributed by atoms with E-state index >= 15 is 0 Å². The van der Waals surface area contributed by atoms with E-state index in [-0.39, 0.29) is 22.9 Å². The topological polar surface area (TPSA) is 78.1 Å². The van der Waals surface area contributed by atoms with Crippen molar-refractivity contribution in [3.63, 3.8) is 0 Å². The average molecular weight is 318 g/mol. The number of halogens is 1. The van der Waals surface area contributed by atoms with E-state index in [9.17, 15) is 14.0 Å². The minimum atomic E-state index is -0.472. The molecule has 23 heavy (non-hydrogen) atoms. The zero-order chi connectivity index (χ0) is 16.4. The SMILES string of the molecule is C[C@H]1CNCCN1C(=O)CCc1nc2ccc(F)cc2c(=O)[nH]1. The summed E-state index contributed by atoms with van der Waals surface area (Å²) >= 11 is 0. The zero-order valence-corrected chi connectivity index (χ0v) is 12.9. The fourth-order valence-electron chi connectivity index (χ4n) is 2.86. The van der Waals surface area contributed by atoms with E-state index in [1.54, 1.807) is 0 Å². The summed E-state index contributed by atoms with van der Waals surface area (Å²) in [7, 11) is 0. The Labute approximate surface area is 132 Å². The van der Waals surface area contributed by atoms with Gasteiger partial charge in [-0.3, -0.25) is 9.59 Å². The number of hydrogen-bond donors (Lipinski definition) is 2. The fraction of sp³-hybridized carbons (Fsp3) is 0.438. The summed E-state index contributed by atoms with van der Waals surface area (Å²) in [5.41, 5.74) is 0.0561. The van der Waals surface area contributed by atoms with Gasteiger partial charge in [-0.2, -0.15) is 0 Å². The number of fused-ring (bicyclic) bond motifs is 1. The van der Waals surface area contributed by atoms with Crippen LogP contribution in [-0.2, 0) is 11.2 Å². The second-order valence-electron chi connectivity index (χ2n) is 5.81. The monoisotopic (exact) mass is 318 g/mol.